The van der Waals surface area contributed by atoms with E-state index in [9.17, 15) is 18.0 Å². The summed E-state index contributed by atoms with van der Waals surface area (Å²) in [4.78, 5) is 16.2. The van der Waals surface area contributed by atoms with Crippen molar-refractivity contribution in [3.63, 3.8) is 0 Å². The Kier molecular flexibility index (Phi) is 5.40. The summed E-state index contributed by atoms with van der Waals surface area (Å²) in [5.74, 6) is -0.586. The number of hydrogen-bond acceptors (Lipinski definition) is 4. The van der Waals surface area contributed by atoms with Crippen LogP contribution in [0.2, 0.25) is 0 Å². The number of aromatic nitrogens is 1. The van der Waals surface area contributed by atoms with Gasteiger partial charge in [-0.25, -0.2) is 0 Å². The van der Waals surface area contributed by atoms with Crippen molar-refractivity contribution >= 4 is 11.6 Å². The zero-order valence-electron chi connectivity index (χ0n) is 12.7. The summed E-state index contributed by atoms with van der Waals surface area (Å²) in [6, 6.07) is 7.62. The third-order valence-electron chi connectivity index (χ3n) is 3.09. The Balaban J connectivity index is 2.16. The van der Waals surface area contributed by atoms with Crippen molar-refractivity contribution in [2.45, 2.75) is 19.2 Å². The minimum absolute atomic E-state index is 0.0459. The number of anilines is 1. The van der Waals surface area contributed by atoms with E-state index in [1.807, 2.05) is 0 Å². The van der Waals surface area contributed by atoms with Crippen LogP contribution in [0.15, 0.2) is 42.7 Å². The van der Waals surface area contributed by atoms with E-state index in [1.165, 1.54) is 24.5 Å². The van der Waals surface area contributed by atoms with Crippen molar-refractivity contribution in [3.8, 4) is 5.75 Å². The van der Waals surface area contributed by atoms with Crippen molar-refractivity contribution in [1.82, 2.24) is 4.98 Å². The van der Waals surface area contributed by atoms with Crippen LogP contribution in [0, 0.1) is 6.92 Å². The van der Waals surface area contributed by atoms with Crippen LogP contribution in [0.3, 0.4) is 0 Å². The Morgan fingerprint density at radius 3 is 2.58 bits per heavy atom. The number of aliphatic hydroxyl groups excluding tert-OH is 1. The topological polar surface area (TPSA) is 71.5 Å². The molecule has 1 aromatic carbocycles. The van der Waals surface area contributed by atoms with Gasteiger partial charge in [0.15, 0.2) is 6.10 Å². The highest BCUT2D eigenvalue weighted by Crippen LogP contribution is 2.24. The van der Waals surface area contributed by atoms with Crippen LogP contribution in [0.5, 0.6) is 5.75 Å². The van der Waals surface area contributed by atoms with Gasteiger partial charge in [0.25, 0.3) is 5.91 Å². The fraction of sp³-hybridized carbons (Fsp3) is 0.250. The SMILES string of the molecule is Cc1ccc(OC[C@H](O)C(F)(F)F)c(C(=O)Nc2ccncc2)c1. The number of aryl methyl sites for hydroxylation is 1. The molecule has 0 aliphatic heterocycles. The molecule has 0 saturated carbocycles. The first-order valence-corrected chi connectivity index (χ1v) is 6.97. The van der Waals surface area contributed by atoms with E-state index in [0.29, 0.717) is 5.69 Å². The number of carbonyl (C=O) groups excluding carboxylic acids is 1. The molecule has 128 valence electrons. The number of benzene rings is 1. The average Bonchev–Trinajstić information content (AvgIpc) is 2.53. The van der Waals surface area contributed by atoms with E-state index in [2.05, 4.69) is 10.3 Å². The van der Waals surface area contributed by atoms with Crippen LogP contribution in [0.1, 0.15) is 15.9 Å². The summed E-state index contributed by atoms with van der Waals surface area (Å²) < 4.78 is 42.0. The molecule has 0 fully saturated rings. The molecule has 2 aromatic rings. The van der Waals surface area contributed by atoms with Gasteiger partial charge < -0.3 is 15.2 Å². The molecule has 24 heavy (non-hydrogen) atoms. The van der Waals surface area contributed by atoms with Crippen LogP contribution in [-0.4, -0.2) is 34.9 Å². The molecule has 0 saturated heterocycles. The summed E-state index contributed by atoms with van der Waals surface area (Å²) in [5, 5.41) is 11.6. The van der Waals surface area contributed by atoms with Gasteiger partial charge in [-0.1, -0.05) is 11.6 Å². The monoisotopic (exact) mass is 340 g/mol. The third kappa shape index (κ3) is 4.69. The van der Waals surface area contributed by atoms with Crippen molar-refractivity contribution in [1.29, 1.82) is 0 Å². The number of carbonyl (C=O) groups is 1. The van der Waals surface area contributed by atoms with Gasteiger partial charge in [0, 0.05) is 18.1 Å². The molecule has 1 aromatic heterocycles. The highest BCUT2D eigenvalue weighted by molar-refractivity contribution is 6.06. The Bertz CT molecular complexity index is 705. The molecule has 0 unspecified atom stereocenters. The minimum Gasteiger partial charge on any atom is -0.490 e. The molecule has 2 rings (SSSR count). The molecule has 8 heteroatoms. The summed E-state index contributed by atoms with van der Waals surface area (Å²) >= 11 is 0. The highest BCUT2D eigenvalue weighted by atomic mass is 19.4. The minimum atomic E-state index is -4.79. The molecule has 1 atom stereocenters. The number of ether oxygens (including phenoxy) is 1. The van der Waals surface area contributed by atoms with E-state index < -0.39 is 24.8 Å². The number of alkyl halides is 3. The van der Waals surface area contributed by atoms with E-state index >= 15 is 0 Å². The Labute approximate surface area is 136 Å². The zero-order valence-corrected chi connectivity index (χ0v) is 12.7. The molecule has 0 bridgehead atoms. The van der Waals surface area contributed by atoms with Crippen molar-refractivity contribution < 1.29 is 27.8 Å². The fourth-order valence-corrected chi connectivity index (χ4v) is 1.84. The van der Waals surface area contributed by atoms with Crippen molar-refractivity contribution in [2.75, 3.05) is 11.9 Å². The average molecular weight is 340 g/mol. The first kappa shape index (κ1) is 17.7. The van der Waals surface area contributed by atoms with Crippen LogP contribution < -0.4 is 10.1 Å². The maximum absolute atomic E-state index is 12.3. The lowest BCUT2D eigenvalue weighted by Crippen LogP contribution is -2.34. The maximum Gasteiger partial charge on any atom is 0.417 e. The maximum atomic E-state index is 12.3. The summed E-state index contributed by atoms with van der Waals surface area (Å²) in [6.45, 7) is 0.736. The Hall–Kier alpha value is -2.61. The smallest absolute Gasteiger partial charge is 0.417 e. The predicted molar refractivity (Wildman–Crippen MR) is 80.9 cm³/mol. The molecule has 5 nitrogen and oxygen atoms in total. The predicted octanol–water partition coefficient (Wildman–Crippen LogP) is 2.94. The fourth-order valence-electron chi connectivity index (χ4n) is 1.84. The molecule has 0 aliphatic carbocycles. The van der Waals surface area contributed by atoms with Crippen LogP contribution >= 0.6 is 0 Å². The first-order valence-electron chi connectivity index (χ1n) is 6.97. The number of halogens is 3. The van der Waals surface area contributed by atoms with Crippen LogP contribution in [0.25, 0.3) is 0 Å². The zero-order chi connectivity index (χ0) is 17.7. The summed E-state index contributed by atoms with van der Waals surface area (Å²) in [6.07, 6.45) is -4.44. The summed E-state index contributed by atoms with van der Waals surface area (Å²) in [7, 11) is 0. The number of hydrogen-bond donors (Lipinski definition) is 2. The second-order valence-corrected chi connectivity index (χ2v) is 5.06. The second-order valence-electron chi connectivity index (χ2n) is 5.06. The Morgan fingerprint density at radius 2 is 1.96 bits per heavy atom. The van der Waals surface area contributed by atoms with Gasteiger partial charge in [-0.15, -0.1) is 0 Å². The normalized spacial score (nSPS) is 12.5. The molecular formula is C16H15F3N2O3. The first-order chi connectivity index (χ1) is 11.3. The molecule has 1 amide bonds. The third-order valence-corrected chi connectivity index (χ3v) is 3.09. The van der Waals surface area contributed by atoms with Crippen LogP contribution in [0.4, 0.5) is 18.9 Å². The van der Waals surface area contributed by atoms with E-state index in [0.717, 1.165) is 5.56 Å². The van der Waals surface area contributed by atoms with Gasteiger partial charge in [-0.3, -0.25) is 9.78 Å². The molecule has 1 heterocycles. The van der Waals surface area contributed by atoms with Crippen molar-refractivity contribution in [2.24, 2.45) is 0 Å². The Morgan fingerprint density at radius 1 is 1.29 bits per heavy atom. The van der Waals surface area contributed by atoms with Crippen molar-refractivity contribution in [3.05, 3.63) is 53.9 Å². The van der Waals surface area contributed by atoms with E-state index in [-0.39, 0.29) is 11.3 Å². The van der Waals surface area contributed by atoms with E-state index in [1.54, 1.807) is 25.1 Å². The molecule has 0 spiro atoms. The number of aliphatic hydroxyl groups is 1. The largest absolute Gasteiger partial charge is 0.490 e. The standard InChI is InChI=1S/C16H15F3N2O3/c1-10-2-3-13(24-9-14(22)16(17,18)19)12(8-10)15(23)21-11-4-6-20-7-5-11/h2-8,14,22H,9H2,1H3,(H,20,21,23)/t14-/m0/s1. The lowest BCUT2D eigenvalue weighted by molar-refractivity contribution is -0.210. The van der Waals surface area contributed by atoms with Gasteiger partial charge >= 0.3 is 6.18 Å². The molecule has 0 aliphatic rings. The van der Waals surface area contributed by atoms with Gasteiger partial charge in [0.2, 0.25) is 0 Å². The molecular weight excluding hydrogens is 325 g/mol. The number of pyridine rings is 1. The van der Waals surface area contributed by atoms with Gasteiger partial charge in [0.1, 0.15) is 12.4 Å². The quantitative estimate of drug-likeness (QED) is 0.878. The van der Waals surface area contributed by atoms with Crippen LogP contribution in [-0.2, 0) is 0 Å². The van der Waals surface area contributed by atoms with Gasteiger partial charge in [-0.05, 0) is 31.2 Å². The molecule has 0 radical (unpaired) electrons. The number of rotatable bonds is 5. The lowest BCUT2D eigenvalue weighted by atomic mass is 10.1. The number of nitrogens with one attached hydrogen (secondary N) is 1. The number of nitrogens with zero attached hydrogens (tertiary/aromatic N) is 1. The number of amides is 1. The summed E-state index contributed by atoms with van der Waals surface area (Å²) in [5.41, 5.74) is 1.29. The second kappa shape index (κ2) is 7.31. The lowest BCUT2D eigenvalue weighted by Gasteiger charge is -2.17. The molecule has 2 N–H and O–H groups in total. The highest BCUT2D eigenvalue weighted by Gasteiger charge is 2.38. The van der Waals surface area contributed by atoms with Gasteiger partial charge in [-0.2, -0.15) is 13.2 Å². The van der Waals surface area contributed by atoms with E-state index in [4.69, 9.17) is 9.84 Å². The van der Waals surface area contributed by atoms with Gasteiger partial charge in [0.05, 0.1) is 5.56 Å².